The van der Waals surface area contributed by atoms with Gasteiger partial charge in [0.2, 0.25) is 0 Å². The second-order valence-corrected chi connectivity index (χ2v) is 3.87. The highest BCUT2D eigenvalue weighted by atomic mass is 32.1. The molecule has 0 saturated carbocycles. The van der Waals surface area contributed by atoms with Gasteiger partial charge in [0.15, 0.2) is 0 Å². The molecule has 2 rings (SSSR count). The van der Waals surface area contributed by atoms with Crippen molar-refractivity contribution in [1.29, 1.82) is 0 Å². The highest BCUT2D eigenvalue weighted by Gasteiger charge is 2.07. The molecule has 0 unspecified atom stereocenters. The third-order valence-corrected chi connectivity index (χ3v) is 3.17. The fourth-order valence-electron chi connectivity index (χ4n) is 1.49. The SMILES string of the molecule is COc1cc(N)c2sccc2c1C. The Hall–Kier alpha value is -1.22. The van der Waals surface area contributed by atoms with Crippen LogP contribution in [0.5, 0.6) is 5.75 Å². The van der Waals surface area contributed by atoms with Crippen molar-refractivity contribution in [3.8, 4) is 5.75 Å². The van der Waals surface area contributed by atoms with E-state index in [4.69, 9.17) is 10.5 Å². The van der Waals surface area contributed by atoms with Crippen molar-refractivity contribution in [2.24, 2.45) is 0 Å². The topological polar surface area (TPSA) is 35.2 Å². The van der Waals surface area contributed by atoms with Crippen LogP contribution in [0.2, 0.25) is 0 Å². The Bertz CT molecular complexity index is 447. The quantitative estimate of drug-likeness (QED) is 0.707. The summed E-state index contributed by atoms with van der Waals surface area (Å²) in [5.41, 5.74) is 7.84. The fourth-order valence-corrected chi connectivity index (χ4v) is 2.37. The summed E-state index contributed by atoms with van der Waals surface area (Å²) in [6.07, 6.45) is 0. The van der Waals surface area contributed by atoms with E-state index in [2.05, 4.69) is 6.07 Å². The van der Waals surface area contributed by atoms with Crippen molar-refractivity contribution in [2.75, 3.05) is 12.8 Å². The van der Waals surface area contributed by atoms with Gasteiger partial charge in [0.05, 0.1) is 17.5 Å². The number of anilines is 1. The van der Waals surface area contributed by atoms with Crippen LogP contribution in [0, 0.1) is 6.92 Å². The monoisotopic (exact) mass is 193 g/mol. The number of fused-ring (bicyclic) bond motifs is 1. The molecule has 0 aliphatic rings. The van der Waals surface area contributed by atoms with Gasteiger partial charge in [0.25, 0.3) is 0 Å². The molecule has 0 amide bonds. The number of nitrogen functional groups attached to an aromatic ring is 1. The van der Waals surface area contributed by atoms with Gasteiger partial charge in [-0.2, -0.15) is 0 Å². The molecule has 0 aliphatic carbocycles. The van der Waals surface area contributed by atoms with Crippen LogP contribution in [0.25, 0.3) is 10.1 Å². The molecule has 0 radical (unpaired) electrons. The van der Waals surface area contributed by atoms with E-state index in [1.165, 1.54) is 5.39 Å². The zero-order valence-corrected chi connectivity index (χ0v) is 8.44. The number of ether oxygens (including phenoxy) is 1. The van der Waals surface area contributed by atoms with Gasteiger partial charge in [-0.1, -0.05) is 0 Å². The molecule has 0 fully saturated rings. The minimum absolute atomic E-state index is 0.799. The van der Waals surface area contributed by atoms with Gasteiger partial charge < -0.3 is 10.5 Å². The normalized spacial score (nSPS) is 10.6. The summed E-state index contributed by atoms with van der Waals surface area (Å²) in [4.78, 5) is 0. The van der Waals surface area contributed by atoms with E-state index in [9.17, 15) is 0 Å². The maximum absolute atomic E-state index is 5.88. The van der Waals surface area contributed by atoms with Crippen LogP contribution < -0.4 is 10.5 Å². The molecule has 1 aromatic heterocycles. The molecule has 13 heavy (non-hydrogen) atoms. The first kappa shape index (κ1) is 8.38. The number of hydrogen-bond donors (Lipinski definition) is 1. The van der Waals surface area contributed by atoms with Gasteiger partial charge in [0.1, 0.15) is 5.75 Å². The van der Waals surface area contributed by atoms with E-state index in [0.29, 0.717) is 0 Å². The summed E-state index contributed by atoms with van der Waals surface area (Å²) in [6, 6.07) is 3.96. The van der Waals surface area contributed by atoms with Gasteiger partial charge in [0, 0.05) is 11.5 Å². The average molecular weight is 193 g/mol. The lowest BCUT2D eigenvalue weighted by atomic mass is 10.1. The van der Waals surface area contributed by atoms with Crippen LogP contribution in [-0.2, 0) is 0 Å². The van der Waals surface area contributed by atoms with E-state index < -0.39 is 0 Å². The van der Waals surface area contributed by atoms with Gasteiger partial charge in [-0.05, 0) is 23.9 Å². The molecular weight excluding hydrogens is 182 g/mol. The number of methoxy groups -OCH3 is 1. The van der Waals surface area contributed by atoms with Gasteiger partial charge in [-0.25, -0.2) is 0 Å². The summed E-state index contributed by atoms with van der Waals surface area (Å²) in [6.45, 7) is 2.05. The zero-order valence-electron chi connectivity index (χ0n) is 7.63. The largest absolute Gasteiger partial charge is 0.496 e. The summed E-state index contributed by atoms with van der Waals surface area (Å²) >= 11 is 1.67. The highest BCUT2D eigenvalue weighted by molar-refractivity contribution is 7.17. The first-order valence-corrected chi connectivity index (χ1v) is 4.92. The Kier molecular flexibility index (Phi) is 1.88. The summed E-state index contributed by atoms with van der Waals surface area (Å²) in [5, 5.41) is 3.25. The molecule has 0 aliphatic heterocycles. The molecule has 0 atom stereocenters. The maximum atomic E-state index is 5.88. The van der Waals surface area contributed by atoms with Crippen LogP contribution in [-0.4, -0.2) is 7.11 Å². The van der Waals surface area contributed by atoms with Gasteiger partial charge >= 0.3 is 0 Å². The predicted octanol–water partition coefficient (Wildman–Crippen LogP) is 2.80. The average Bonchev–Trinajstić information content (AvgIpc) is 2.60. The number of benzene rings is 1. The summed E-state index contributed by atoms with van der Waals surface area (Å²) < 4.78 is 6.38. The van der Waals surface area contributed by atoms with Crippen LogP contribution >= 0.6 is 11.3 Å². The molecule has 0 spiro atoms. The standard InChI is InChI=1S/C10H11NOS/c1-6-7-3-4-13-10(7)8(11)5-9(6)12-2/h3-5H,11H2,1-2H3. The fraction of sp³-hybridized carbons (Fsp3) is 0.200. The number of hydrogen-bond acceptors (Lipinski definition) is 3. The molecule has 68 valence electrons. The van der Waals surface area contributed by atoms with Crippen molar-refractivity contribution in [2.45, 2.75) is 6.92 Å². The molecule has 3 heteroatoms. The molecule has 2 N–H and O–H groups in total. The minimum Gasteiger partial charge on any atom is -0.496 e. The number of aryl methyl sites for hydroxylation is 1. The summed E-state index contributed by atoms with van der Waals surface area (Å²) in [5.74, 6) is 0.864. The first-order valence-electron chi connectivity index (χ1n) is 4.04. The lowest BCUT2D eigenvalue weighted by Crippen LogP contribution is -1.91. The molecular formula is C10H11NOS. The van der Waals surface area contributed by atoms with Crippen molar-refractivity contribution in [3.63, 3.8) is 0 Å². The smallest absolute Gasteiger partial charge is 0.124 e. The summed E-state index contributed by atoms with van der Waals surface area (Å²) in [7, 11) is 1.67. The zero-order chi connectivity index (χ0) is 9.42. The van der Waals surface area contributed by atoms with E-state index >= 15 is 0 Å². The third kappa shape index (κ3) is 1.16. The third-order valence-electron chi connectivity index (χ3n) is 2.21. The Balaban J connectivity index is 2.85. The van der Waals surface area contributed by atoms with E-state index in [-0.39, 0.29) is 0 Å². The molecule has 1 heterocycles. The molecule has 0 saturated heterocycles. The number of thiophene rings is 1. The van der Waals surface area contributed by atoms with Crippen molar-refractivity contribution >= 4 is 27.1 Å². The maximum Gasteiger partial charge on any atom is 0.124 e. The van der Waals surface area contributed by atoms with Crippen LogP contribution in [0.15, 0.2) is 17.5 Å². The van der Waals surface area contributed by atoms with Gasteiger partial charge in [-0.15, -0.1) is 11.3 Å². The van der Waals surface area contributed by atoms with E-state index in [0.717, 1.165) is 21.7 Å². The van der Waals surface area contributed by atoms with Crippen molar-refractivity contribution in [3.05, 3.63) is 23.1 Å². The van der Waals surface area contributed by atoms with Crippen LogP contribution in [0.4, 0.5) is 5.69 Å². The molecule has 2 nitrogen and oxygen atoms in total. The lowest BCUT2D eigenvalue weighted by Gasteiger charge is -2.07. The van der Waals surface area contributed by atoms with Crippen LogP contribution in [0.3, 0.4) is 0 Å². The predicted molar refractivity (Wildman–Crippen MR) is 57.5 cm³/mol. The Morgan fingerprint density at radius 1 is 1.46 bits per heavy atom. The lowest BCUT2D eigenvalue weighted by molar-refractivity contribution is 0.413. The highest BCUT2D eigenvalue weighted by Crippen LogP contribution is 2.35. The van der Waals surface area contributed by atoms with Gasteiger partial charge in [-0.3, -0.25) is 0 Å². The Morgan fingerprint density at radius 2 is 2.23 bits per heavy atom. The van der Waals surface area contributed by atoms with E-state index in [1.54, 1.807) is 18.4 Å². The van der Waals surface area contributed by atoms with Crippen LogP contribution in [0.1, 0.15) is 5.56 Å². The minimum atomic E-state index is 0.799. The molecule has 0 bridgehead atoms. The Labute approximate surface area is 80.9 Å². The second-order valence-electron chi connectivity index (χ2n) is 2.96. The van der Waals surface area contributed by atoms with E-state index in [1.807, 2.05) is 18.4 Å². The Morgan fingerprint density at radius 3 is 2.92 bits per heavy atom. The first-order chi connectivity index (χ1) is 6.24. The van der Waals surface area contributed by atoms with Crippen molar-refractivity contribution in [1.82, 2.24) is 0 Å². The second kappa shape index (κ2) is 2.92. The molecule has 2 aromatic rings. The molecule has 1 aromatic carbocycles. The number of rotatable bonds is 1. The number of nitrogens with two attached hydrogens (primary N) is 1. The van der Waals surface area contributed by atoms with Crippen molar-refractivity contribution < 1.29 is 4.74 Å².